The lowest BCUT2D eigenvalue weighted by atomic mass is 9.78. The fraction of sp³-hybridized carbons (Fsp3) is 0.500. The first-order valence-electron chi connectivity index (χ1n) is 11.9. The molecule has 3 aliphatic rings. The van der Waals surface area contributed by atoms with Gasteiger partial charge >= 0.3 is 6.09 Å². The topological polar surface area (TPSA) is 55.8 Å². The Hall–Kier alpha value is -2.66. The van der Waals surface area contributed by atoms with Crippen LogP contribution >= 0.6 is 0 Å². The van der Waals surface area contributed by atoms with E-state index < -0.39 is 5.60 Å². The second-order valence-electron chi connectivity index (χ2n) is 11.2. The van der Waals surface area contributed by atoms with Crippen molar-refractivity contribution in [3.05, 3.63) is 59.2 Å². The monoisotopic (exact) mass is 447 g/mol. The first-order chi connectivity index (χ1) is 15.6. The molecule has 2 unspecified atom stereocenters. The van der Waals surface area contributed by atoms with Gasteiger partial charge in [-0.05, 0) is 61.9 Å². The van der Waals surface area contributed by atoms with Crippen LogP contribution in [0.3, 0.4) is 0 Å². The summed E-state index contributed by atoms with van der Waals surface area (Å²) in [6.07, 6.45) is 0.911. The van der Waals surface area contributed by atoms with Crippen LogP contribution in [0.1, 0.15) is 68.9 Å². The number of nitrogens with zero attached hydrogens (tertiary/aromatic N) is 1. The van der Waals surface area contributed by atoms with Gasteiger partial charge in [-0.2, -0.15) is 0 Å². The molecule has 33 heavy (non-hydrogen) atoms. The third-order valence-electron chi connectivity index (χ3n) is 7.36. The first kappa shape index (κ1) is 22.1. The van der Waals surface area contributed by atoms with Crippen molar-refractivity contribution in [1.82, 2.24) is 4.90 Å². The Balaban J connectivity index is 1.39. The molecule has 2 heterocycles. The number of morpholine rings is 1. The van der Waals surface area contributed by atoms with Gasteiger partial charge in [0.05, 0.1) is 25.3 Å². The molecule has 2 aromatic carbocycles. The summed E-state index contributed by atoms with van der Waals surface area (Å²) in [6, 6.07) is 14.4. The fourth-order valence-corrected chi connectivity index (χ4v) is 5.84. The number of benzene rings is 2. The number of carbonyl (C=O) groups excluding carboxylic acids is 2. The molecule has 0 spiro atoms. The number of rotatable bonds is 2. The zero-order valence-electron chi connectivity index (χ0n) is 20.2. The Kier molecular flexibility index (Phi) is 5.16. The van der Waals surface area contributed by atoms with Gasteiger partial charge < -0.3 is 9.47 Å². The summed E-state index contributed by atoms with van der Waals surface area (Å²) in [5, 5.41) is 0. The van der Waals surface area contributed by atoms with Gasteiger partial charge in [0.15, 0.2) is 5.78 Å². The van der Waals surface area contributed by atoms with E-state index in [1.807, 2.05) is 31.7 Å². The number of hydrogen-bond donors (Lipinski definition) is 0. The van der Waals surface area contributed by atoms with Crippen LogP contribution in [-0.4, -0.2) is 47.7 Å². The number of ketones is 1. The lowest BCUT2D eigenvalue weighted by molar-refractivity contribution is -0.0861. The lowest BCUT2D eigenvalue weighted by Gasteiger charge is -2.47. The molecule has 0 radical (unpaired) electrons. The molecule has 0 N–H and O–H groups in total. The maximum Gasteiger partial charge on any atom is 0.410 e. The number of Topliss-reactive ketones (excluding diaryl/α,β-unsaturated/α-hetero) is 1. The van der Waals surface area contributed by atoms with Crippen molar-refractivity contribution >= 4 is 11.9 Å². The number of amides is 1. The average Bonchev–Trinajstić information content (AvgIpc) is 2.98. The molecule has 2 aliphatic heterocycles. The maximum absolute atomic E-state index is 13.6. The quantitative estimate of drug-likeness (QED) is 0.563. The minimum Gasteiger partial charge on any atom is -0.444 e. The Morgan fingerprint density at radius 1 is 0.970 bits per heavy atom. The number of fused-ring (bicyclic) bond motifs is 5. The predicted octanol–water partition coefficient (Wildman–Crippen LogP) is 5.59. The second-order valence-corrected chi connectivity index (χ2v) is 11.2. The highest BCUT2D eigenvalue weighted by molar-refractivity contribution is 5.99. The molecule has 174 valence electrons. The molecule has 1 aliphatic carbocycles. The number of ether oxygens (including phenoxy) is 2. The summed E-state index contributed by atoms with van der Waals surface area (Å²) in [4.78, 5) is 28.3. The van der Waals surface area contributed by atoms with Crippen molar-refractivity contribution in [3.63, 3.8) is 0 Å². The van der Waals surface area contributed by atoms with Gasteiger partial charge in [0, 0.05) is 16.9 Å². The van der Waals surface area contributed by atoms with E-state index in [1.165, 1.54) is 22.3 Å². The van der Waals surface area contributed by atoms with Crippen LogP contribution in [0.4, 0.5) is 4.79 Å². The SMILES string of the molecule is CC(C)(C)OC(=O)N1C2COCC1CC(C(=O)c1ccc3c(c1)C(C)(C)c1ccccc1-3)C2. The van der Waals surface area contributed by atoms with E-state index in [0.717, 1.165) is 5.56 Å². The van der Waals surface area contributed by atoms with Crippen LogP contribution in [0.25, 0.3) is 11.1 Å². The van der Waals surface area contributed by atoms with Crippen LogP contribution in [0.15, 0.2) is 42.5 Å². The Bertz CT molecular complexity index is 1100. The summed E-state index contributed by atoms with van der Waals surface area (Å²) < 4.78 is 11.4. The van der Waals surface area contributed by atoms with E-state index in [2.05, 4.69) is 50.2 Å². The van der Waals surface area contributed by atoms with Crippen molar-refractivity contribution in [2.24, 2.45) is 5.92 Å². The Morgan fingerprint density at radius 2 is 1.61 bits per heavy atom. The van der Waals surface area contributed by atoms with Gasteiger partial charge in [0.2, 0.25) is 0 Å². The van der Waals surface area contributed by atoms with Gasteiger partial charge in [-0.3, -0.25) is 9.69 Å². The Morgan fingerprint density at radius 3 is 2.27 bits per heavy atom. The van der Waals surface area contributed by atoms with Crippen LogP contribution in [0, 0.1) is 5.92 Å². The van der Waals surface area contributed by atoms with Crippen LogP contribution in [0.5, 0.6) is 0 Å². The van der Waals surface area contributed by atoms with Gasteiger partial charge in [0.25, 0.3) is 0 Å². The second kappa shape index (κ2) is 7.69. The molecule has 5 rings (SSSR count). The molecule has 0 aromatic heterocycles. The Labute approximate surface area is 196 Å². The third-order valence-corrected chi connectivity index (χ3v) is 7.36. The molecule has 1 amide bonds. The van der Waals surface area contributed by atoms with E-state index in [9.17, 15) is 9.59 Å². The van der Waals surface area contributed by atoms with Crippen molar-refractivity contribution in [2.45, 2.75) is 70.6 Å². The van der Waals surface area contributed by atoms with E-state index in [1.54, 1.807) is 0 Å². The van der Waals surface area contributed by atoms with E-state index in [0.29, 0.717) is 26.1 Å². The minimum atomic E-state index is -0.548. The average molecular weight is 448 g/mol. The van der Waals surface area contributed by atoms with Crippen LogP contribution < -0.4 is 0 Å². The smallest absolute Gasteiger partial charge is 0.410 e. The highest BCUT2D eigenvalue weighted by atomic mass is 16.6. The van der Waals surface area contributed by atoms with Crippen molar-refractivity contribution in [2.75, 3.05) is 13.2 Å². The summed E-state index contributed by atoms with van der Waals surface area (Å²) >= 11 is 0. The molecule has 2 saturated heterocycles. The fourth-order valence-electron chi connectivity index (χ4n) is 5.84. The zero-order chi connectivity index (χ0) is 23.5. The van der Waals surface area contributed by atoms with Gasteiger partial charge in [-0.15, -0.1) is 0 Å². The molecule has 2 aromatic rings. The van der Waals surface area contributed by atoms with Crippen molar-refractivity contribution < 1.29 is 19.1 Å². The molecule has 0 saturated carbocycles. The standard InChI is InChI=1S/C28H33NO4/c1-27(2,3)33-26(31)29-19-12-18(13-20(29)16-32-15-19)25(30)17-10-11-22-21-8-6-7-9-23(21)28(4,5)24(22)14-17/h6-11,14,18-20H,12-13,15-16H2,1-5H3. The summed E-state index contributed by atoms with van der Waals surface area (Å²) in [7, 11) is 0. The summed E-state index contributed by atoms with van der Waals surface area (Å²) in [6.45, 7) is 11.0. The molecule has 5 nitrogen and oxygen atoms in total. The molecule has 2 atom stereocenters. The maximum atomic E-state index is 13.6. The number of piperidine rings is 1. The van der Waals surface area contributed by atoms with E-state index in [-0.39, 0.29) is 35.3 Å². The normalized spacial score (nSPS) is 25.2. The largest absolute Gasteiger partial charge is 0.444 e. The number of carbonyl (C=O) groups is 2. The lowest BCUT2D eigenvalue weighted by Crippen LogP contribution is -2.60. The van der Waals surface area contributed by atoms with Crippen molar-refractivity contribution in [3.8, 4) is 11.1 Å². The molecule has 2 fully saturated rings. The molecule has 2 bridgehead atoms. The summed E-state index contributed by atoms with van der Waals surface area (Å²) in [5.74, 6) is 0.0535. The molecular weight excluding hydrogens is 414 g/mol. The minimum absolute atomic E-state index is 0.118. The zero-order valence-corrected chi connectivity index (χ0v) is 20.2. The highest BCUT2D eigenvalue weighted by Crippen LogP contribution is 2.49. The predicted molar refractivity (Wildman–Crippen MR) is 128 cm³/mol. The van der Waals surface area contributed by atoms with E-state index >= 15 is 0 Å². The van der Waals surface area contributed by atoms with Gasteiger partial charge in [0.1, 0.15) is 5.60 Å². The van der Waals surface area contributed by atoms with Gasteiger partial charge in [-0.1, -0.05) is 50.2 Å². The molecule has 5 heteroatoms. The van der Waals surface area contributed by atoms with Crippen LogP contribution in [-0.2, 0) is 14.9 Å². The van der Waals surface area contributed by atoms with Gasteiger partial charge in [-0.25, -0.2) is 4.79 Å². The van der Waals surface area contributed by atoms with Crippen molar-refractivity contribution in [1.29, 1.82) is 0 Å². The van der Waals surface area contributed by atoms with E-state index in [4.69, 9.17) is 9.47 Å². The third kappa shape index (κ3) is 3.76. The first-order valence-corrected chi connectivity index (χ1v) is 11.9. The number of hydrogen-bond acceptors (Lipinski definition) is 4. The van der Waals surface area contributed by atoms with Crippen LogP contribution in [0.2, 0.25) is 0 Å². The summed E-state index contributed by atoms with van der Waals surface area (Å²) in [5.41, 5.74) is 5.09. The molecular formula is C28H33NO4. The highest BCUT2D eigenvalue weighted by Gasteiger charge is 2.45.